The summed E-state index contributed by atoms with van der Waals surface area (Å²) < 4.78 is 2.19. The van der Waals surface area contributed by atoms with Gasteiger partial charge >= 0.3 is 0 Å². The van der Waals surface area contributed by atoms with E-state index >= 15 is 0 Å². The van der Waals surface area contributed by atoms with E-state index < -0.39 is 0 Å². The van der Waals surface area contributed by atoms with Crippen molar-refractivity contribution in [3.8, 4) is 0 Å². The maximum atomic E-state index is 5.05. The number of fused-ring (bicyclic) bond motifs is 1. The van der Waals surface area contributed by atoms with Crippen molar-refractivity contribution in [1.82, 2.24) is 0 Å². The highest BCUT2D eigenvalue weighted by Gasteiger charge is 2.14. The SMILES string of the molecule is CO/N=C(/C[n+]1cccc2ccccc21)c1ccc(C)cc1.[Br-]. The van der Waals surface area contributed by atoms with Gasteiger partial charge in [0.25, 0.3) is 0 Å². The molecule has 0 spiro atoms. The molecule has 0 bridgehead atoms. The van der Waals surface area contributed by atoms with Gasteiger partial charge in [0.2, 0.25) is 5.52 Å². The molecule has 0 amide bonds. The molecule has 0 fully saturated rings. The average molecular weight is 371 g/mol. The van der Waals surface area contributed by atoms with Gasteiger partial charge in [0.1, 0.15) is 7.11 Å². The fourth-order valence-electron chi connectivity index (χ4n) is 2.55. The normalized spacial score (nSPS) is 11.1. The standard InChI is InChI=1S/C19H19N2O.BrH/c1-15-9-11-16(12-10-15)18(20-22-2)14-21-13-5-7-17-6-3-4-8-19(17)21;/h3-13H,14H2,1-2H3;1H/q+1;/p-1/b20-18-;. The first-order valence-corrected chi connectivity index (χ1v) is 7.32. The lowest BCUT2D eigenvalue weighted by Gasteiger charge is -2.05. The summed E-state index contributed by atoms with van der Waals surface area (Å²) in [4.78, 5) is 5.05. The van der Waals surface area contributed by atoms with Gasteiger partial charge in [-0.2, -0.15) is 4.57 Å². The smallest absolute Gasteiger partial charge is 0.212 e. The topological polar surface area (TPSA) is 25.5 Å². The largest absolute Gasteiger partial charge is 1.00 e. The van der Waals surface area contributed by atoms with E-state index in [1.54, 1.807) is 7.11 Å². The molecule has 2 aromatic carbocycles. The van der Waals surface area contributed by atoms with E-state index in [0.29, 0.717) is 6.54 Å². The number of pyridine rings is 1. The second-order valence-corrected chi connectivity index (χ2v) is 5.28. The van der Waals surface area contributed by atoms with E-state index in [4.69, 9.17) is 4.84 Å². The molecule has 0 saturated carbocycles. The highest BCUT2D eigenvalue weighted by Crippen LogP contribution is 2.10. The highest BCUT2D eigenvalue weighted by molar-refractivity contribution is 5.99. The number of benzene rings is 2. The van der Waals surface area contributed by atoms with Gasteiger partial charge in [-0.05, 0) is 19.1 Å². The van der Waals surface area contributed by atoms with Crippen molar-refractivity contribution >= 4 is 16.6 Å². The van der Waals surface area contributed by atoms with Crippen molar-refractivity contribution in [1.29, 1.82) is 0 Å². The van der Waals surface area contributed by atoms with Gasteiger partial charge in [-0.25, -0.2) is 0 Å². The van der Waals surface area contributed by atoms with Gasteiger partial charge in [0.05, 0.1) is 0 Å². The van der Waals surface area contributed by atoms with E-state index in [2.05, 4.69) is 83.5 Å². The van der Waals surface area contributed by atoms with E-state index in [1.807, 2.05) is 0 Å². The first-order chi connectivity index (χ1) is 10.8. The number of rotatable bonds is 4. The van der Waals surface area contributed by atoms with E-state index in [9.17, 15) is 0 Å². The van der Waals surface area contributed by atoms with Crippen molar-refractivity contribution in [2.24, 2.45) is 5.16 Å². The third-order valence-electron chi connectivity index (χ3n) is 3.69. The Kier molecular flexibility index (Phi) is 5.88. The summed E-state index contributed by atoms with van der Waals surface area (Å²) in [6.45, 7) is 2.74. The first-order valence-electron chi connectivity index (χ1n) is 7.32. The summed E-state index contributed by atoms with van der Waals surface area (Å²) in [6, 6.07) is 20.9. The number of halogens is 1. The molecule has 1 heterocycles. The summed E-state index contributed by atoms with van der Waals surface area (Å²) in [7, 11) is 1.59. The zero-order chi connectivity index (χ0) is 15.4. The number of oxime groups is 1. The Bertz CT molecular complexity index is 808. The molecule has 0 unspecified atom stereocenters. The molecule has 3 nitrogen and oxygen atoms in total. The van der Waals surface area contributed by atoms with Crippen LogP contribution in [-0.2, 0) is 11.4 Å². The number of aromatic nitrogens is 1. The Hall–Kier alpha value is -2.20. The van der Waals surface area contributed by atoms with Crippen LogP contribution in [0.1, 0.15) is 11.1 Å². The third kappa shape index (κ3) is 3.96. The van der Waals surface area contributed by atoms with Crippen LogP contribution in [0.4, 0.5) is 0 Å². The van der Waals surface area contributed by atoms with Crippen molar-refractivity contribution in [2.45, 2.75) is 13.5 Å². The zero-order valence-corrected chi connectivity index (χ0v) is 14.8. The minimum Gasteiger partial charge on any atom is -1.00 e. The lowest BCUT2D eigenvalue weighted by atomic mass is 10.1. The van der Waals surface area contributed by atoms with Gasteiger partial charge in [-0.3, -0.25) is 0 Å². The Labute approximate surface area is 147 Å². The van der Waals surface area contributed by atoms with Crippen molar-refractivity contribution < 1.29 is 26.4 Å². The molecule has 0 saturated heterocycles. The van der Waals surface area contributed by atoms with Gasteiger partial charge < -0.3 is 21.8 Å². The molecule has 0 aliphatic carbocycles. The van der Waals surface area contributed by atoms with Gasteiger partial charge in [0.15, 0.2) is 18.5 Å². The predicted octanol–water partition coefficient (Wildman–Crippen LogP) is 0.490. The molecule has 23 heavy (non-hydrogen) atoms. The summed E-state index contributed by atoms with van der Waals surface area (Å²) in [5.74, 6) is 0. The molecule has 0 N–H and O–H groups in total. The van der Waals surface area contributed by atoms with Crippen molar-refractivity contribution in [3.05, 3.63) is 78.0 Å². The molecule has 1 aromatic heterocycles. The number of hydrogen-bond donors (Lipinski definition) is 0. The molecule has 0 aliphatic rings. The molecular formula is C19H19BrN2O. The van der Waals surface area contributed by atoms with Crippen LogP contribution in [-0.4, -0.2) is 12.8 Å². The lowest BCUT2D eigenvalue weighted by Crippen LogP contribution is -3.00. The summed E-state index contributed by atoms with van der Waals surface area (Å²) in [6.07, 6.45) is 2.07. The minimum atomic E-state index is 0. The molecule has 118 valence electrons. The number of nitrogens with zero attached hydrogens (tertiary/aromatic N) is 2. The molecular weight excluding hydrogens is 352 g/mol. The van der Waals surface area contributed by atoms with Crippen LogP contribution < -0.4 is 21.5 Å². The van der Waals surface area contributed by atoms with Crippen LogP contribution in [0.15, 0.2) is 72.0 Å². The fraction of sp³-hybridized carbons (Fsp3) is 0.158. The number of aryl methyl sites for hydroxylation is 1. The average Bonchev–Trinajstić information content (AvgIpc) is 2.55. The monoisotopic (exact) mass is 370 g/mol. The lowest BCUT2D eigenvalue weighted by molar-refractivity contribution is -0.655. The number of hydrogen-bond acceptors (Lipinski definition) is 2. The van der Waals surface area contributed by atoms with Crippen LogP contribution in [0.5, 0.6) is 0 Å². The Morgan fingerprint density at radius 2 is 1.70 bits per heavy atom. The van der Waals surface area contributed by atoms with Crippen LogP contribution in [0, 0.1) is 6.92 Å². The minimum absolute atomic E-state index is 0. The van der Waals surface area contributed by atoms with Crippen LogP contribution in [0.3, 0.4) is 0 Å². The Morgan fingerprint density at radius 1 is 1.00 bits per heavy atom. The second-order valence-electron chi connectivity index (χ2n) is 5.28. The van der Waals surface area contributed by atoms with Gasteiger partial charge in [0, 0.05) is 23.1 Å². The molecule has 0 atom stereocenters. The van der Waals surface area contributed by atoms with E-state index in [-0.39, 0.29) is 17.0 Å². The predicted molar refractivity (Wildman–Crippen MR) is 88.9 cm³/mol. The summed E-state index contributed by atoms with van der Waals surface area (Å²) in [5, 5.41) is 5.44. The molecule has 0 aliphatic heterocycles. The molecule has 0 radical (unpaired) electrons. The Balaban J connectivity index is 0.00000192. The molecule has 4 heteroatoms. The van der Waals surface area contributed by atoms with Crippen molar-refractivity contribution in [3.63, 3.8) is 0 Å². The van der Waals surface area contributed by atoms with Gasteiger partial charge in [-0.1, -0.05) is 47.1 Å². The summed E-state index contributed by atoms with van der Waals surface area (Å²) in [5.41, 5.74) is 4.40. The highest BCUT2D eigenvalue weighted by atomic mass is 79.9. The molecule has 3 aromatic rings. The van der Waals surface area contributed by atoms with Crippen LogP contribution in [0.2, 0.25) is 0 Å². The zero-order valence-electron chi connectivity index (χ0n) is 13.2. The van der Waals surface area contributed by atoms with Crippen LogP contribution >= 0.6 is 0 Å². The fourth-order valence-corrected chi connectivity index (χ4v) is 2.55. The second kappa shape index (κ2) is 7.88. The third-order valence-corrected chi connectivity index (χ3v) is 3.69. The van der Waals surface area contributed by atoms with Crippen molar-refractivity contribution in [2.75, 3.05) is 7.11 Å². The summed E-state index contributed by atoms with van der Waals surface area (Å²) >= 11 is 0. The quantitative estimate of drug-likeness (QED) is 0.372. The van der Waals surface area contributed by atoms with Gasteiger partial charge in [-0.15, -0.1) is 0 Å². The maximum Gasteiger partial charge on any atom is 0.212 e. The van der Waals surface area contributed by atoms with Crippen LogP contribution in [0.25, 0.3) is 10.9 Å². The van der Waals surface area contributed by atoms with E-state index in [1.165, 1.54) is 16.5 Å². The first kappa shape index (κ1) is 17.2. The molecule has 3 rings (SSSR count). The number of para-hydroxylation sites is 1. The maximum absolute atomic E-state index is 5.05. The Morgan fingerprint density at radius 3 is 2.43 bits per heavy atom. The van der Waals surface area contributed by atoms with E-state index in [0.717, 1.165) is 11.3 Å².